The van der Waals surface area contributed by atoms with Crippen molar-refractivity contribution in [2.75, 3.05) is 13.1 Å². The number of nitrogens with one attached hydrogen (secondary N) is 1. The van der Waals surface area contributed by atoms with Gasteiger partial charge in [0.2, 0.25) is 11.8 Å². The summed E-state index contributed by atoms with van der Waals surface area (Å²) in [6.07, 6.45) is 7.52. The third-order valence-corrected chi connectivity index (χ3v) is 4.81. The van der Waals surface area contributed by atoms with Crippen molar-refractivity contribution in [1.29, 1.82) is 0 Å². The first-order chi connectivity index (χ1) is 9.60. The summed E-state index contributed by atoms with van der Waals surface area (Å²) in [6, 6.07) is -0.310. The minimum Gasteiger partial charge on any atom is -0.344 e. The van der Waals surface area contributed by atoms with E-state index in [9.17, 15) is 9.59 Å². The smallest absolute Gasteiger partial charge is 0.245 e. The van der Waals surface area contributed by atoms with Crippen LogP contribution >= 0.6 is 0 Å². The molecule has 2 rings (SSSR count). The van der Waals surface area contributed by atoms with Crippen molar-refractivity contribution >= 4 is 11.8 Å². The Balaban J connectivity index is 1.87. The Morgan fingerprint density at radius 1 is 1.30 bits per heavy atom. The minimum absolute atomic E-state index is 0.0130. The summed E-state index contributed by atoms with van der Waals surface area (Å²) in [6.45, 7) is 5.69. The second-order valence-electron chi connectivity index (χ2n) is 6.53. The molecular formula is C16H28N2O2. The highest BCUT2D eigenvalue weighted by molar-refractivity contribution is 5.89. The molecule has 0 bridgehead atoms. The van der Waals surface area contributed by atoms with Gasteiger partial charge in [0, 0.05) is 19.5 Å². The molecule has 2 fully saturated rings. The first-order valence-electron chi connectivity index (χ1n) is 8.18. The fourth-order valence-electron chi connectivity index (χ4n) is 3.55. The van der Waals surface area contributed by atoms with Gasteiger partial charge in [-0.1, -0.05) is 33.1 Å². The van der Waals surface area contributed by atoms with Crippen molar-refractivity contribution in [3.63, 3.8) is 0 Å². The molecule has 1 saturated carbocycles. The molecule has 1 saturated heterocycles. The molecule has 0 aromatic rings. The van der Waals surface area contributed by atoms with Gasteiger partial charge in [0.1, 0.15) is 6.04 Å². The van der Waals surface area contributed by atoms with Crippen LogP contribution in [-0.2, 0) is 9.59 Å². The van der Waals surface area contributed by atoms with Gasteiger partial charge in [-0.25, -0.2) is 0 Å². The summed E-state index contributed by atoms with van der Waals surface area (Å²) in [7, 11) is 0. The number of hydrogen-bond donors (Lipinski definition) is 1. The zero-order valence-electron chi connectivity index (χ0n) is 12.9. The predicted octanol–water partition coefficient (Wildman–Crippen LogP) is 2.33. The molecule has 1 aliphatic heterocycles. The third-order valence-electron chi connectivity index (χ3n) is 4.81. The summed E-state index contributed by atoms with van der Waals surface area (Å²) in [5, 5.41) is 2.82. The molecule has 1 aliphatic carbocycles. The number of rotatable bonds is 4. The Morgan fingerprint density at radius 3 is 2.80 bits per heavy atom. The van der Waals surface area contributed by atoms with Gasteiger partial charge >= 0.3 is 0 Å². The van der Waals surface area contributed by atoms with Crippen LogP contribution < -0.4 is 5.32 Å². The Hall–Kier alpha value is -1.06. The van der Waals surface area contributed by atoms with Crippen LogP contribution in [0.1, 0.15) is 58.8 Å². The monoisotopic (exact) mass is 280 g/mol. The van der Waals surface area contributed by atoms with E-state index in [0.29, 0.717) is 19.4 Å². The molecule has 2 aliphatic rings. The summed E-state index contributed by atoms with van der Waals surface area (Å²) < 4.78 is 0. The zero-order chi connectivity index (χ0) is 14.5. The van der Waals surface area contributed by atoms with Crippen LogP contribution in [0.25, 0.3) is 0 Å². The van der Waals surface area contributed by atoms with Crippen molar-refractivity contribution in [1.82, 2.24) is 10.2 Å². The van der Waals surface area contributed by atoms with Crippen molar-refractivity contribution < 1.29 is 9.59 Å². The molecule has 1 N–H and O–H groups in total. The van der Waals surface area contributed by atoms with Crippen LogP contribution in [0.5, 0.6) is 0 Å². The largest absolute Gasteiger partial charge is 0.344 e. The highest BCUT2D eigenvalue weighted by atomic mass is 16.2. The van der Waals surface area contributed by atoms with E-state index in [1.165, 1.54) is 25.7 Å². The second-order valence-corrected chi connectivity index (χ2v) is 6.53. The second kappa shape index (κ2) is 7.09. The topological polar surface area (TPSA) is 49.4 Å². The standard InChI is InChI=1S/C16H28N2O2/c1-3-14-16(20)18(10-8-15(19)17-14)9-7-13-6-4-5-12(2)11-13/h12-14H,3-11H2,1-2H3,(H,17,19). The summed E-state index contributed by atoms with van der Waals surface area (Å²) >= 11 is 0. The average molecular weight is 280 g/mol. The first-order valence-corrected chi connectivity index (χ1v) is 8.18. The van der Waals surface area contributed by atoms with Crippen LogP contribution in [-0.4, -0.2) is 35.8 Å². The molecular weight excluding hydrogens is 252 g/mol. The molecule has 0 radical (unpaired) electrons. The molecule has 0 aromatic carbocycles. The molecule has 4 nitrogen and oxygen atoms in total. The molecule has 114 valence electrons. The molecule has 3 atom stereocenters. The van der Waals surface area contributed by atoms with Gasteiger partial charge < -0.3 is 10.2 Å². The lowest BCUT2D eigenvalue weighted by Gasteiger charge is -2.30. The van der Waals surface area contributed by atoms with Crippen molar-refractivity contribution in [3.8, 4) is 0 Å². The van der Waals surface area contributed by atoms with Crippen molar-refractivity contribution in [2.24, 2.45) is 11.8 Å². The highest BCUT2D eigenvalue weighted by Gasteiger charge is 2.29. The fraction of sp³-hybridized carbons (Fsp3) is 0.875. The molecule has 0 spiro atoms. The van der Waals surface area contributed by atoms with Crippen LogP contribution in [0.15, 0.2) is 0 Å². The maximum Gasteiger partial charge on any atom is 0.245 e. The molecule has 4 heteroatoms. The van der Waals surface area contributed by atoms with Gasteiger partial charge in [-0.05, 0) is 31.1 Å². The molecule has 0 aromatic heterocycles. The van der Waals surface area contributed by atoms with Crippen LogP contribution in [0.4, 0.5) is 0 Å². The molecule has 2 amide bonds. The maximum absolute atomic E-state index is 12.4. The molecule has 1 heterocycles. The lowest BCUT2D eigenvalue weighted by atomic mass is 9.81. The third kappa shape index (κ3) is 3.97. The fourth-order valence-corrected chi connectivity index (χ4v) is 3.55. The number of amides is 2. The Morgan fingerprint density at radius 2 is 2.10 bits per heavy atom. The van der Waals surface area contributed by atoms with Crippen LogP contribution in [0.2, 0.25) is 0 Å². The zero-order valence-corrected chi connectivity index (χ0v) is 12.9. The van der Waals surface area contributed by atoms with Gasteiger partial charge in [-0.2, -0.15) is 0 Å². The van der Waals surface area contributed by atoms with Gasteiger partial charge in [-0.3, -0.25) is 9.59 Å². The van der Waals surface area contributed by atoms with Crippen LogP contribution in [0, 0.1) is 11.8 Å². The lowest BCUT2D eigenvalue weighted by molar-refractivity contribution is -0.133. The van der Waals surface area contributed by atoms with E-state index in [1.807, 2.05) is 11.8 Å². The Bertz CT molecular complexity index is 356. The van der Waals surface area contributed by atoms with E-state index in [-0.39, 0.29) is 17.9 Å². The first kappa shape index (κ1) is 15.3. The number of nitrogens with zero attached hydrogens (tertiary/aromatic N) is 1. The lowest BCUT2D eigenvalue weighted by Crippen LogP contribution is -2.44. The Labute approximate surface area is 122 Å². The summed E-state index contributed by atoms with van der Waals surface area (Å²) in [4.78, 5) is 25.9. The van der Waals surface area contributed by atoms with Crippen LogP contribution in [0.3, 0.4) is 0 Å². The maximum atomic E-state index is 12.4. The summed E-state index contributed by atoms with van der Waals surface area (Å²) in [5.74, 6) is 1.72. The van der Waals surface area contributed by atoms with Crippen molar-refractivity contribution in [3.05, 3.63) is 0 Å². The quantitative estimate of drug-likeness (QED) is 0.859. The number of hydrogen-bond acceptors (Lipinski definition) is 2. The van der Waals surface area contributed by atoms with Gasteiger partial charge in [-0.15, -0.1) is 0 Å². The van der Waals surface area contributed by atoms with E-state index in [2.05, 4.69) is 12.2 Å². The van der Waals surface area contributed by atoms with Gasteiger partial charge in [0.25, 0.3) is 0 Å². The molecule has 20 heavy (non-hydrogen) atoms. The highest BCUT2D eigenvalue weighted by Crippen LogP contribution is 2.30. The van der Waals surface area contributed by atoms with E-state index in [4.69, 9.17) is 0 Å². The van der Waals surface area contributed by atoms with E-state index in [1.54, 1.807) is 0 Å². The molecule has 3 unspecified atom stereocenters. The number of carbonyl (C=O) groups is 2. The predicted molar refractivity (Wildman–Crippen MR) is 79.2 cm³/mol. The van der Waals surface area contributed by atoms with E-state index < -0.39 is 0 Å². The van der Waals surface area contributed by atoms with Crippen molar-refractivity contribution in [2.45, 2.75) is 64.8 Å². The summed E-state index contributed by atoms with van der Waals surface area (Å²) in [5.41, 5.74) is 0. The van der Waals surface area contributed by atoms with E-state index >= 15 is 0 Å². The normalized spacial score (nSPS) is 31.9. The van der Waals surface area contributed by atoms with E-state index in [0.717, 1.165) is 24.8 Å². The van der Waals surface area contributed by atoms with Gasteiger partial charge in [0.15, 0.2) is 0 Å². The SMILES string of the molecule is CCC1NC(=O)CCN(CCC2CCCC(C)C2)C1=O. The minimum atomic E-state index is -0.310. The average Bonchev–Trinajstić information content (AvgIpc) is 2.57. The Kier molecular flexibility index (Phi) is 5.44. The van der Waals surface area contributed by atoms with Gasteiger partial charge in [0.05, 0.1) is 0 Å². The number of carbonyl (C=O) groups excluding carboxylic acids is 2.